The summed E-state index contributed by atoms with van der Waals surface area (Å²) in [6.07, 6.45) is -7.82. The first kappa shape index (κ1) is 15.8. The van der Waals surface area contributed by atoms with Gasteiger partial charge in [-0.25, -0.2) is 0 Å². The second-order valence-electron chi connectivity index (χ2n) is 4.21. The number of aliphatic hydroxyl groups is 4. The highest BCUT2D eigenvalue weighted by atomic mass is 16.6. The number of hydrogen-bond donors (Lipinski definition) is 6. The van der Waals surface area contributed by atoms with Gasteiger partial charge in [0.2, 0.25) is 5.91 Å². The minimum atomic E-state index is -1.59. The summed E-state index contributed by atoms with van der Waals surface area (Å²) in [7, 11) is 0. The number of carbonyl (C=O) groups excluding carboxylic acids is 1. The molecule has 5 atom stereocenters. The number of carboxylic acids is 1. The van der Waals surface area contributed by atoms with Crippen LogP contribution in [0.25, 0.3) is 0 Å². The molecule has 0 saturated carbocycles. The summed E-state index contributed by atoms with van der Waals surface area (Å²) in [5.41, 5.74) is 0. The third-order valence-corrected chi connectivity index (χ3v) is 2.76. The van der Waals surface area contributed by atoms with Crippen LogP contribution in [0.5, 0.6) is 0 Å². The fraction of sp³-hybridized carbons (Fsp3) is 0.800. The maximum Gasteiger partial charge on any atom is 0.303 e. The normalized spacial score (nSPS) is 34.8. The lowest BCUT2D eigenvalue weighted by Crippen LogP contribution is -2.63. The standard InChI is InChI=1S/C10H17NO8/c12-3-4-7(16)8(17)9(18)10(19-4)11-5(13)1-2-6(14)15/h4,7-10,12,16-18H,1-3H2,(H,11,13)(H,14,15)/t4-,7+,8+,9-,10-/m1/s1. The molecule has 0 aromatic heterocycles. The number of carbonyl (C=O) groups is 2. The van der Waals surface area contributed by atoms with E-state index in [0.717, 1.165) is 0 Å². The maximum atomic E-state index is 11.4. The van der Waals surface area contributed by atoms with Crippen molar-refractivity contribution in [3.63, 3.8) is 0 Å². The van der Waals surface area contributed by atoms with E-state index in [0.29, 0.717) is 0 Å². The molecule has 0 bridgehead atoms. The SMILES string of the molecule is O=C(O)CCC(=O)N[C@@H]1O[C@H](CO)[C@H](O)[C@H](O)[C@H]1O. The molecule has 0 aliphatic carbocycles. The molecule has 9 nitrogen and oxygen atoms in total. The lowest BCUT2D eigenvalue weighted by molar-refractivity contribution is -0.236. The van der Waals surface area contributed by atoms with Crippen LogP contribution in [0.2, 0.25) is 0 Å². The van der Waals surface area contributed by atoms with Crippen LogP contribution < -0.4 is 5.32 Å². The third-order valence-electron chi connectivity index (χ3n) is 2.76. The number of rotatable bonds is 5. The van der Waals surface area contributed by atoms with Crippen molar-refractivity contribution in [1.29, 1.82) is 0 Å². The van der Waals surface area contributed by atoms with E-state index in [1.165, 1.54) is 0 Å². The van der Waals surface area contributed by atoms with Gasteiger partial charge in [0.05, 0.1) is 13.0 Å². The van der Waals surface area contributed by atoms with E-state index < -0.39 is 49.1 Å². The molecule has 1 saturated heterocycles. The third kappa shape index (κ3) is 4.11. The average molecular weight is 279 g/mol. The van der Waals surface area contributed by atoms with Gasteiger partial charge in [-0.05, 0) is 0 Å². The Morgan fingerprint density at radius 3 is 2.21 bits per heavy atom. The molecule has 110 valence electrons. The van der Waals surface area contributed by atoms with Crippen LogP contribution in [0.15, 0.2) is 0 Å². The van der Waals surface area contributed by atoms with Crippen molar-refractivity contribution in [2.24, 2.45) is 0 Å². The van der Waals surface area contributed by atoms with E-state index in [4.69, 9.17) is 14.9 Å². The first-order valence-corrected chi connectivity index (χ1v) is 5.68. The molecule has 1 heterocycles. The summed E-state index contributed by atoms with van der Waals surface area (Å²) >= 11 is 0. The Morgan fingerprint density at radius 1 is 1.05 bits per heavy atom. The van der Waals surface area contributed by atoms with Crippen molar-refractivity contribution in [2.75, 3.05) is 6.61 Å². The molecule has 1 amide bonds. The zero-order chi connectivity index (χ0) is 14.6. The second kappa shape index (κ2) is 6.78. The first-order valence-electron chi connectivity index (χ1n) is 5.68. The van der Waals surface area contributed by atoms with Gasteiger partial charge >= 0.3 is 5.97 Å². The number of ether oxygens (including phenoxy) is 1. The molecule has 0 aromatic rings. The summed E-state index contributed by atoms with van der Waals surface area (Å²) < 4.78 is 5.02. The Labute approximate surface area is 108 Å². The van der Waals surface area contributed by atoms with Gasteiger partial charge in [-0.1, -0.05) is 0 Å². The second-order valence-corrected chi connectivity index (χ2v) is 4.21. The molecule has 0 radical (unpaired) electrons. The summed E-state index contributed by atoms with van der Waals surface area (Å²) in [6.45, 7) is -0.605. The fourth-order valence-electron chi connectivity index (χ4n) is 1.67. The predicted molar refractivity (Wildman–Crippen MR) is 58.8 cm³/mol. The number of carboxylic acid groups (broad SMARTS) is 1. The van der Waals surface area contributed by atoms with Gasteiger partial charge in [0.1, 0.15) is 24.4 Å². The molecule has 1 aliphatic heterocycles. The minimum Gasteiger partial charge on any atom is -0.481 e. The van der Waals surface area contributed by atoms with E-state index in [9.17, 15) is 24.9 Å². The number of amides is 1. The van der Waals surface area contributed by atoms with Crippen molar-refractivity contribution in [1.82, 2.24) is 5.32 Å². The highest BCUT2D eigenvalue weighted by Gasteiger charge is 2.43. The molecular weight excluding hydrogens is 262 g/mol. The molecule has 1 aliphatic rings. The van der Waals surface area contributed by atoms with Crippen LogP contribution in [0.3, 0.4) is 0 Å². The van der Waals surface area contributed by atoms with E-state index >= 15 is 0 Å². The van der Waals surface area contributed by atoms with Gasteiger partial charge in [0, 0.05) is 6.42 Å². The van der Waals surface area contributed by atoms with Crippen molar-refractivity contribution < 1.29 is 39.9 Å². The molecule has 1 rings (SSSR count). The molecule has 0 spiro atoms. The largest absolute Gasteiger partial charge is 0.481 e. The number of aliphatic carboxylic acids is 1. The molecular formula is C10H17NO8. The molecule has 9 heteroatoms. The highest BCUT2D eigenvalue weighted by molar-refractivity contribution is 5.80. The first-order chi connectivity index (χ1) is 8.86. The quantitative estimate of drug-likeness (QED) is 0.306. The molecule has 0 unspecified atom stereocenters. The van der Waals surface area contributed by atoms with Crippen molar-refractivity contribution in [2.45, 2.75) is 43.5 Å². The van der Waals surface area contributed by atoms with Gasteiger partial charge < -0.3 is 35.6 Å². The van der Waals surface area contributed by atoms with Crippen LogP contribution in [-0.4, -0.2) is 74.7 Å². The molecule has 19 heavy (non-hydrogen) atoms. The van der Waals surface area contributed by atoms with Crippen LogP contribution in [-0.2, 0) is 14.3 Å². The van der Waals surface area contributed by atoms with Gasteiger partial charge in [-0.15, -0.1) is 0 Å². The van der Waals surface area contributed by atoms with Crippen LogP contribution in [0, 0.1) is 0 Å². The Morgan fingerprint density at radius 2 is 1.68 bits per heavy atom. The number of aliphatic hydroxyl groups excluding tert-OH is 4. The van der Waals surface area contributed by atoms with Gasteiger partial charge in [0.25, 0.3) is 0 Å². The topological polar surface area (TPSA) is 157 Å². The molecule has 1 fully saturated rings. The molecule has 6 N–H and O–H groups in total. The van der Waals surface area contributed by atoms with Crippen LogP contribution in [0.4, 0.5) is 0 Å². The van der Waals surface area contributed by atoms with Crippen LogP contribution >= 0.6 is 0 Å². The number of hydrogen-bond acceptors (Lipinski definition) is 7. The smallest absolute Gasteiger partial charge is 0.303 e. The lowest BCUT2D eigenvalue weighted by Gasteiger charge is -2.40. The zero-order valence-corrected chi connectivity index (χ0v) is 9.97. The van der Waals surface area contributed by atoms with Crippen LogP contribution in [0.1, 0.15) is 12.8 Å². The van der Waals surface area contributed by atoms with Crippen molar-refractivity contribution in [3.8, 4) is 0 Å². The van der Waals surface area contributed by atoms with E-state index in [1.54, 1.807) is 0 Å². The summed E-state index contributed by atoms with van der Waals surface area (Å²) in [5.74, 6) is -1.84. The number of nitrogens with one attached hydrogen (secondary N) is 1. The van der Waals surface area contributed by atoms with Gasteiger partial charge in [-0.2, -0.15) is 0 Å². The zero-order valence-electron chi connectivity index (χ0n) is 9.97. The fourth-order valence-corrected chi connectivity index (χ4v) is 1.67. The molecule has 0 aromatic carbocycles. The predicted octanol–water partition coefficient (Wildman–Crippen LogP) is -3.23. The Kier molecular flexibility index (Phi) is 5.63. The van der Waals surface area contributed by atoms with E-state index in [1.807, 2.05) is 0 Å². The monoisotopic (exact) mass is 279 g/mol. The lowest BCUT2D eigenvalue weighted by atomic mass is 9.98. The van der Waals surface area contributed by atoms with Gasteiger partial charge in [0.15, 0.2) is 6.23 Å². The Balaban J connectivity index is 2.56. The summed E-state index contributed by atoms with van der Waals surface area (Å²) in [6, 6.07) is 0. The summed E-state index contributed by atoms with van der Waals surface area (Å²) in [5, 5.41) is 48.1. The van der Waals surface area contributed by atoms with Crippen molar-refractivity contribution in [3.05, 3.63) is 0 Å². The maximum absolute atomic E-state index is 11.4. The average Bonchev–Trinajstić information content (AvgIpc) is 2.37. The Bertz CT molecular complexity index is 333. The minimum absolute atomic E-state index is 0.315. The van der Waals surface area contributed by atoms with Gasteiger partial charge in [-0.3, -0.25) is 9.59 Å². The Hall–Kier alpha value is -1.26. The highest BCUT2D eigenvalue weighted by Crippen LogP contribution is 2.19. The van der Waals surface area contributed by atoms with Crippen molar-refractivity contribution >= 4 is 11.9 Å². The summed E-state index contributed by atoms with van der Waals surface area (Å²) in [4.78, 5) is 21.7. The van der Waals surface area contributed by atoms with E-state index in [-0.39, 0.29) is 12.8 Å². The van der Waals surface area contributed by atoms with E-state index in [2.05, 4.69) is 5.32 Å².